The number of rotatable bonds is 6. The molecule has 2 amide bonds. The fourth-order valence-corrected chi connectivity index (χ4v) is 1.26. The van der Waals surface area contributed by atoms with E-state index < -0.39 is 17.5 Å². The summed E-state index contributed by atoms with van der Waals surface area (Å²) in [6.45, 7) is 6.82. The Labute approximate surface area is 99.9 Å². The summed E-state index contributed by atoms with van der Waals surface area (Å²) in [5.41, 5.74) is -1.26. The third-order valence-electron chi connectivity index (χ3n) is 2.05. The molecule has 0 saturated carbocycles. The van der Waals surface area contributed by atoms with Gasteiger partial charge in [-0.25, -0.2) is 9.59 Å². The van der Waals surface area contributed by atoms with Gasteiger partial charge in [0.25, 0.3) is 0 Å². The van der Waals surface area contributed by atoms with Gasteiger partial charge in [0, 0.05) is 5.03 Å². The maximum Gasteiger partial charge on any atom is 0.329 e. The quantitative estimate of drug-likeness (QED) is 0.669. The Morgan fingerprint density at radius 2 is 2.06 bits per heavy atom. The molecule has 3 N–H and O–H groups in total. The van der Waals surface area contributed by atoms with Crippen LogP contribution in [0.3, 0.4) is 0 Å². The van der Waals surface area contributed by atoms with Crippen molar-refractivity contribution >= 4 is 23.6 Å². The van der Waals surface area contributed by atoms with Crippen LogP contribution in [0.4, 0.5) is 4.79 Å². The second kappa shape index (κ2) is 6.37. The highest BCUT2D eigenvalue weighted by Gasteiger charge is 2.33. The smallest absolute Gasteiger partial charge is 0.329 e. The summed E-state index contributed by atoms with van der Waals surface area (Å²) in [7, 11) is 0. The zero-order valence-corrected chi connectivity index (χ0v) is 10.2. The summed E-state index contributed by atoms with van der Waals surface area (Å²) >= 11 is 5.46. The molecule has 6 heteroatoms. The minimum absolute atomic E-state index is 0.106. The predicted octanol–water partition coefficient (Wildman–Crippen LogP) is 1.68. The summed E-state index contributed by atoms with van der Waals surface area (Å²) in [4.78, 5) is 22.4. The van der Waals surface area contributed by atoms with Crippen LogP contribution in [-0.2, 0) is 4.79 Å². The van der Waals surface area contributed by atoms with E-state index in [1.807, 2.05) is 6.92 Å². The van der Waals surface area contributed by atoms with Gasteiger partial charge in [-0.2, -0.15) is 0 Å². The number of hydrogen-bond acceptors (Lipinski definition) is 2. The number of urea groups is 1. The number of carboxylic acid groups (broad SMARTS) is 1. The van der Waals surface area contributed by atoms with E-state index in [9.17, 15) is 9.59 Å². The lowest BCUT2D eigenvalue weighted by Gasteiger charge is -2.25. The number of carbonyl (C=O) groups excluding carboxylic acids is 1. The van der Waals surface area contributed by atoms with Crippen molar-refractivity contribution in [3.8, 4) is 0 Å². The van der Waals surface area contributed by atoms with Gasteiger partial charge in [0.1, 0.15) is 5.54 Å². The monoisotopic (exact) mass is 248 g/mol. The predicted molar refractivity (Wildman–Crippen MR) is 62.5 cm³/mol. The maximum absolute atomic E-state index is 11.4. The van der Waals surface area contributed by atoms with Crippen LogP contribution in [0.1, 0.15) is 26.7 Å². The average molecular weight is 249 g/mol. The van der Waals surface area contributed by atoms with E-state index in [1.165, 1.54) is 6.92 Å². The molecule has 0 aliphatic rings. The van der Waals surface area contributed by atoms with E-state index >= 15 is 0 Å². The third kappa shape index (κ3) is 5.02. The van der Waals surface area contributed by atoms with Crippen LogP contribution in [0, 0.1) is 0 Å². The number of nitrogens with one attached hydrogen (secondary N) is 2. The summed E-state index contributed by atoms with van der Waals surface area (Å²) in [5, 5.41) is 14.1. The molecule has 1 unspecified atom stereocenters. The van der Waals surface area contributed by atoms with Crippen LogP contribution in [0.15, 0.2) is 11.6 Å². The van der Waals surface area contributed by atoms with Crippen LogP contribution in [0.2, 0.25) is 0 Å². The highest BCUT2D eigenvalue weighted by atomic mass is 35.5. The Hall–Kier alpha value is -1.23. The summed E-state index contributed by atoms with van der Waals surface area (Å²) in [6.07, 6.45) is 1.02. The van der Waals surface area contributed by atoms with Crippen LogP contribution < -0.4 is 10.6 Å². The average Bonchev–Trinajstić information content (AvgIpc) is 2.14. The fraction of sp³-hybridized carbons (Fsp3) is 0.600. The second-order valence-electron chi connectivity index (χ2n) is 3.71. The van der Waals surface area contributed by atoms with E-state index in [2.05, 4.69) is 17.2 Å². The Morgan fingerprint density at radius 3 is 2.44 bits per heavy atom. The second-order valence-corrected chi connectivity index (χ2v) is 4.25. The molecule has 5 nitrogen and oxygen atoms in total. The molecule has 0 aliphatic heterocycles. The SMILES string of the molecule is C=C(Cl)CNC(=O)NC(C)(CCC)C(=O)O. The number of carbonyl (C=O) groups is 2. The zero-order valence-electron chi connectivity index (χ0n) is 9.47. The molecule has 0 aromatic rings. The molecular formula is C10H17ClN2O3. The van der Waals surface area contributed by atoms with Gasteiger partial charge >= 0.3 is 12.0 Å². The van der Waals surface area contributed by atoms with Crippen LogP contribution in [0.25, 0.3) is 0 Å². The highest BCUT2D eigenvalue weighted by molar-refractivity contribution is 6.29. The molecule has 0 aromatic heterocycles. The first-order valence-corrected chi connectivity index (χ1v) is 5.32. The van der Waals surface area contributed by atoms with E-state index in [1.54, 1.807) is 0 Å². The number of aliphatic carboxylic acids is 1. The molecular weight excluding hydrogens is 232 g/mol. The molecule has 0 aromatic carbocycles. The summed E-state index contributed by atoms with van der Waals surface area (Å²) in [6, 6.07) is -0.569. The van der Waals surface area contributed by atoms with E-state index in [0.29, 0.717) is 12.8 Å². The fourth-order valence-electron chi connectivity index (χ4n) is 1.19. The lowest BCUT2D eigenvalue weighted by atomic mass is 9.97. The van der Waals surface area contributed by atoms with Gasteiger partial charge in [0.15, 0.2) is 0 Å². The Bertz CT molecular complexity index is 294. The molecule has 0 aliphatic carbocycles. The Balaban J connectivity index is 4.35. The van der Waals surface area contributed by atoms with Crippen molar-refractivity contribution in [2.45, 2.75) is 32.2 Å². The molecule has 0 saturated heterocycles. The first-order chi connectivity index (χ1) is 7.31. The van der Waals surface area contributed by atoms with Gasteiger partial charge in [-0.1, -0.05) is 31.5 Å². The number of carboxylic acids is 1. The van der Waals surface area contributed by atoms with Crippen molar-refractivity contribution in [2.75, 3.05) is 6.54 Å². The van der Waals surface area contributed by atoms with Crippen molar-refractivity contribution in [1.82, 2.24) is 10.6 Å². The normalized spacial score (nSPS) is 13.7. The molecule has 0 spiro atoms. The summed E-state index contributed by atoms with van der Waals surface area (Å²) in [5.74, 6) is -1.06. The van der Waals surface area contributed by atoms with Gasteiger partial charge in [-0.15, -0.1) is 0 Å². The van der Waals surface area contributed by atoms with Gasteiger partial charge in [0.05, 0.1) is 6.54 Å². The lowest BCUT2D eigenvalue weighted by molar-refractivity contribution is -0.144. The van der Waals surface area contributed by atoms with Crippen molar-refractivity contribution in [1.29, 1.82) is 0 Å². The topological polar surface area (TPSA) is 78.4 Å². The zero-order chi connectivity index (χ0) is 12.8. The largest absolute Gasteiger partial charge is 0.480 e. The Kier molecular flexibility index (Phi) is 5.88. The maximum atomic E-state index is 11.4. The van der Waals surface area contributed by atoms with E-state index in [-0.39, 0.29) is 11.6 Å². The molecule has 0 bridgehead atoms. The standard InChI is InChI=1S/C10H17ClN2O3/c1-4-5-10(3,8(14)15)13-9(16)12-6-7(2)11/h2,4-6H2,1,3H3,(H,14,15)(H2,12,13,16). The number of hydrogen-bond donors (Lipinski definition) is 3. The first-order valence-electron chi connectivity index (χ1n) is 4.94. The molecule has 0 fully saturated rings. The van der Waals surface area contributed by atoms with Gasteiger partial charge in [0.2, 0.25) is 0 Å². The minimum atomic E-state index is -1.26. The molecule has 0 rings (SSSR count). The molecule has 92 valence electrons. The van der Waals surface area contributed by atoms with Gasteiger partial charge < -0.3 is 15.7 Å². The number of halogens is 1. The van der Waals surface area contributed by atoms with Crippen molar-refractivity contribution < 1.29 is 14.7 Å². The molecule has 0 heterocycles. The van der Waals surface area contributed by atoms with Gasteiger partial charge in [-0.3, -0.25) is 0 Å². The number of amides is 2. The highest BCUT2D eigenvalue weighted by Crippen LogP contribution is 2.12. The van der Waals surface area contributed by atoms with Crippen LogP contribution in [0.5, 0.6) is 0 Å². The third-order valence-corrected chi connectivity index (χ3v) is 2.19. The molecule has 1 atom stereocenters. The Morgan fingerprint density at radius 1 is 1.50 bits per heavy atom. The van der Waals surface area contributed by atoms with E-state index in [0.717, 1.165) is 0 Å². The summed E-state index contributed by atoms with van der Waals surface area (Å²) < 4.78 is 0. The molecule has 16 heavy (non-hydrogen) atoms. The molecule has 0 radical (unpaired) electrons. The first kappa shape index (κ1) is 14.8. The van der Waals surface area contributed by atoms with Crippen LogP contribution in [-0.4, -0.2) is 29.2 Å². The minimum Gasteiger partial charge on any atom is -0.480 e. The van der Waals surface area contributed by atoms with Crippen molar-refractivity contribution in [3.05, 3.63) is 11.6 Å². The van der Waals surface area contributed by atoms with Gasteiger partial charge in [-0.05, 0) is 13.3 Å². The van der Waals surface area contributed by atoms with Crippen LogP contribution >= 0.6 is 11.6 Å². The van der Waals surface area contributed by atoms with Crippen molar-refractivity contribution in [2.24, 2.45) is 0 Å². The van der Waals surface area contributed by atoms with E-state index in [4.69, 9.17) is 16.7 Å². The lowest BCUT2D eigenvalue weighted by Crippen LogP contribution is -2.55. The van der Waals surface area contributed by atoms with Crippen molar-refractivity contribution in [3.63, 3.8) is 0 Å².